The minimum atomic E-state index is 0.0774. The van der Waals surface area contributed by atoms with Gasteiger partial charge in [0.1, 0.15) is 5.75 Å². The van der Waals surface area contributed by atoms with Gasteiger partial charge in [0.05, 0.1) is 12.2 Å². The van der Waals surface area contributed by atoms with E-state index < -0.39 is 0 Å². The molecule has 0 saturated carbocycles. The maximum atomic E-state index is 12.3. The second kappa shape index (κ2) is 6.06. The molecule has 0 radical (unpaired) electrons. The maximum absolute atomic E-state index is 12.3. The van der Waals surface area contributed by atoms with Gasteiger partial charge in [-0.3, -0.25) is 4.79 Å². The summed E-state index contributed by atoms with van der Waals surface area (Å²) < 4.78 is 11.5. The van der Waals surface area contributed by atoms with Gasteiger partial charge in [-0.15, -0.1) is 0 Å². The summed E-state index contributed by atoms with van der Waals surface area (Å²) in [5, 5.41) is 0. The number of rotatable bonds is 3. The smallest absolute Gasteiger partial charge is 0.260 e. The Morgan fingerprint density at radius 3 is 2.90 bits per heavy atom. The average Bonchev–Trinajstić information content (AvgIpc) is 2.85. The minimum absolute atomic E-state index is 0.0774. The second-order valence-corrected chi connectivity index (χ2v) is 6.21. The predicted molar refractivity (Wildman–Crippen MR) is 80.3 cm³/mol. The number of hydrogen-bond donors (Lipinski definition) is 0. The van der Waals surface area contributed by atoms with E-state index in [2.05, 4.69) is 6.92 Å². The number of likely N-dealkylation sites (tertiary alicyclic amines) is 1. The highest BCUT2D eigenvalue weighted by Gasteiger charge is 2.38. The molecule has 1 aromatic rings. The van der Waals surface area contributed by atoms with Gasteiger partial charge in [-0.05, 0) is 38.8 Å². The molecule has 2 aliphatic heterocycles. The number of piperidine rings is 1. The van der Waals surface area contributed by atoms with Gasteiger partial charge < -0.3 is 14.4 Å². The van der Waals surface area contributed by atoms with E-state index in [1.807, 2.05) is 36.1 Å². The van der Waals surface area contributed by atoms with Crippen molar-refractivity contribution in [3.8, 4) is 5.75 Å². The highest BCUT2D eigenvalue weighted by molar-refractivity contribution is 5.77. The third-order valence-electron chi connectivity index (χ3n) is 4.44. The highest BCUT2D eigenvalue weighted by Crippen LogP contribution is 2.32. The van der Waals surface area contributed by atoms with Crippen LogP contribution >= 0.6 is 0 Å². The molecule has 21 heavy (non-hydrogen) atoms. The summed E-state index contributed by atoms with van der Waals surface area (Å²) in [5.41, 5.74) is 1.19. The van der Waals surface area contributed by atoms with Crippen molar-refractivity contribution in [3.63, 3.8) is 0 Å². The largest absolute Gasteiger partial charge is 0.484 e. The summed E-state index contributed by atoms with van der Waals surface area (Å²) in [6, 6.07) is 7.79. The van der Waals surface area contributed by atoms with Crippen LogP contribution in [0.25, 0.3) is 0 Å². The Hall–Kier alpha value is -1.55. The molecule has 1 aromatic carbocycles. The molecule has 4 heteroatoms. The molecule has 2 aliphatic rings. The number of carbonyl (C=O) groups excluding carboxylic acids is 1. The van der Waals surface area contributed by atoms with Gasteiger partial charge in [-0.1, -0.05) is 17.7 Å². The van der Waals surface area contributed by atoms with E-state index in [0.717, 1.165) is 31.7 Å². The minimum Gasteiger partial charge on any atom is -0.484 e. The molecule has 2 saturated heterocycles. The van der Waals surface area contributed by atoms with Crippen LogP contribution in [0.1, 0.15) is 25.3 Å². The number of ether oxygens (including phenoxy) is 2. The molecule has 0 spiro atoms. The molecule has 3 rings (SSSR count). The lowest BCUT2D eigenvalue weighted by Crippen LogP contribution is -2.46. The molecule has 0 aromatic heterocycles. The first-order valence-corrected chi connectivity index (χ1v) is 7.74. The predicted octanol–water partition coefficient (Wildman–Crippen LogP) is 2.40. The molecule has 0 aliphatic carbocycles. The molecular formula is C17H23NO3. The van der Waals surface area contributed by atoms with E-state index in [9.17, 15) is 4.79 Å². The van der Waals surface area contributed by atoms with E-state index in [0.29, 0.717) is 18.1 Å². The standard InChI is InChI=1S/C17H23NO3/c1-12-3-5-15(6-4-12)20-11-17(19)18-8-7-16-14(10-18)9-13(2)21-16/h3-6,13-14,16H,7-11H2,1-2H3/t13-,14-,16+/m0/s1. The lowest BCUT2D eigenvalue weighted by molar-refractivity contribution is -0.136. The van der Waals surface area contributed by atoms with Crippen LogP contribution in [0, 0.1) is 12.8 Å². The number of hydrogen-bond acceptors (Lipinski definition) is 3. The fourth-order valence-corrected chi connectivity index (χ4v) is 3.29. The summed E-state index contributed by atoms with van der Waals surface area (Å²) in [5.74, 6) is 1.33. The van der Waals surface area contributed by atoms with Crippen LogP contribution in [0.3, 0.4) is 0 Å². The average molecular weight is 289 g/mol. The Kier molecular flexibility index (Phi) is 4.15. The van der Waals surface area contributed by atoms with Gasteiger partial charge in [0.2, 0.25) is 0 Å². The van der Waals surface area contributed by atoms with Gasteiger partial charge in [0.15, 0.2) is 6.61 Å². The Balaban J connectivity index is 1.50. The van der Waals surface area contributed by atoms with E-state index in [1.165, 1.54) is 5.56 Å². The number of carbonyl (C=O) groups is 1. The molecule has 3 atom stereocenters. The van der Waals surface area contributed by atoms with Crippen molar-refractivity contribution in [1.29, 1.82) is 0 Å². The fourth-order valence-electron chi connectivity index (χ4n) is 3.29. The number of benzene rings is 1. The summed E-state index contributed by atoms with van der Waals surface area (Å²) >= 11 is 0. The molecule has 114 valence electrons. The van der Waals surface area contributed by atoms with Crippen LogP contribution in [-0.4, -0.2) is 42.7 Å². The number of fused-ring (bicyclic) bond motifs is 1. The third-order valence-corrected chi connectivity index (χ3v) is 4.44. The van der Waals surface area contributed by atoms with Crippen LogP contribution < -0.4 is 4.74 Å². The van der Waals surface area contributed by atoms with Gasteiger partial charge in [-0.2, -0.15) is 0 Å². The Morgan fingerprint density at radius 1 is 1.38 bits per heavy atom. The monoisotopic (exact) mass is 289 g/mol. The van der Waals surface area contributed by atoms with Crippen molar-refractivity contribution < 1.29 is 14.3 Å². The summed E-state index contributed by atoms with van der Waals surface area (Å²) in [4.78, 5) is 14.2. The molecule has 0 bridgehead atoms. The van der Waals surface area contributed by atoms with Crippen LogP contribution in [0.5, 0.6) is 5.75 Å². The van der Waals surface area contributed by atoms with Crippen LogP contribution in [0.4, 0.5) is 0 Å². The zero-order chi connectivity index (χ0) is 14.8. The fraction of sp³-hybridized carbons (Fsp3) is 0.588. The molecule has 4 nitrogen and oxygen atoms in total. The SMILES string of the molecule is Cc1ccc(OCC(=O)N2CC[C@H]3O[C@@H](C)C[C@H]3C2)cc1. The van der Waals surface area contributed by atoms with Crippen molar-refractivity contribution in [2.75, 3.05) is 19.7 Å². The van der Waals surface area contributed by atoms with Crippen molar-refractivity contribution in [1.82, 2.24) is 4.90 Å². The van der Waals surface area contributed by atoms with Crippen molar-refractivity contribution in [3.05, 3.63) is 29.8 Å². The van der Waals surface area contributed by atoms with Crippen molar-refractivity contribution in [2.45, 2.75) is 38.9 Å². The van der Waals surface area contributed by atoms with Crippen LogP contribution in [-0.2, 0) is 9.53 Å². The van der Waals surface area contributed by atoms with Crippen molar-refractivity contribution in [2.24, 2.45) is 5.92 Å². The second-order valence-electron chi connectivity index (χ2n) is 6.21. The Labute approximate surface area is 126 Å². The van der Waals surface area contributed by atoms with Crippen LogP contribution in [0.15, 0.2) is 24.3 Å². The Morgan fingerprint density at radius 2 is 2.14 bits per heavy atom. The van der Waals surface area contributed by atoms with Gasteiger partial charge in [-0.25, -0.2) is 0 Å². The number of nitrogens with zero attached hydrogens (tertiary/aromatic N) is 1. The quantitative estimate of drug-likeness (QED) is 0.857. The van der Waals surface area contributed by atoms with E-state index >= 15 is 0 Å². The maximum Gasteiger partial charge on any atom is 0.260 e. The van der Waals surface area contributed by atoms with Crippen molar-refractivity contribution >= 4 is 5.91 Å². The first-order chi connectivity index (χ1) is 10.1. The topological polar surface area (TPSA) is 38.8 Å². The van der Waals surface area contributed by atoms with E-state index in [4.69, 9.17) is 9.47 Å². The van der Waals surface area contributed by atoms with E-state index in [1.54, 1.807) is 0 Å². The Bertz CT molecular complexity index is 499. The molecular weight excluding hydrogens is 266 g/mol. The zero-order valence-electron chi connectivity index (χ0n) is 12.7. The molecule has 2 heterocycles. The molecule has 0 N–H and O–H groups in total. The van der Waals surface area contributed by atoms with Gasteiger partial charge >= 0.3 is 0 Å². The van der Waals surface area contributed by atoms with Gasteiger partial charge in [0, 0.05) is 19.0 Å². The number of amides is 1. The normalized spacial score (nSPS) is 28.3. The first-order valence-electron chi connectivity index (χ1n) is 7.74. The lowest BCUT2D eigenvalue weighted by atomic mass is 9.93. The molecule has 2 fully saturated rings. The number of aryl methyl sites for hydroxylation is 1. The summed E-state index contributed by atoms with van der Waals surface area (Å²) in [6.07, 6.45) is 2.69. The highest BCUT2D eigenvalue weighted by atomic mass is 16.5. The molecule has 1 amide bonds. The first kappa shape index (κ1) is 14.4. The van der Waals surface area contributed by atoms with Gasteiger partial charge in [0.25, 0.3) is 5.91 Å². The third kappa shape index (κ3) is 3.38. The summed E-state index contributed by atoms with van der Waals surface area (Å²) in [6.45, 7) is 5.86. The summed E-state index contributed by atoms with van der Waals surface area (Å²) in [7, 11) is 0. The van der Waals surface area contributed by atoms with E-state index in [-0.39, 0.29) is 12.5 Å². The zero-order valence-corrected chi connectivity index (χ0v) is 12.7. The van der Waals surface area contributed by atoms with Crippen LogP contribution in [0.2, 0.25) is 0 Å². The molecule has 0 unspecified atom stereocenters. The lowest BCUT2D eigenvalue weighted by Gasteiger charge is -2.34.